The van der Waals surface area contributed by atoms with Gasteiger partial charge in [-0.15, -0.1) is 0 Å². The summed E-state index contributed by atoms with van der Waals surface area (Å²) in [6, 6.07) is 4.79. The number of rotatable bonds is 4. The molecule has 3 fully saturated rings. The maximum atomic E-state index is 5.85. The van der Waals surface area contributed by atoms with Crippen LogP contribution < -0.4 is 36.1 Å². The minimum atomic E-state index is 0.0200. The minimum Gasteiger partial charge on any atom is -0.454 e. The molecule has 7 heteroatoms. The molecule has 4 aliphatic rings. The van der Waals surface area contributed by atoms with Gasteiger partial charge in [-0.3, -0.25) is 10.6 Å². The standard InChI is InChI=1S/C20H31N5O2/c1-11-3-18(21-2)25-20(23-11)24-15-6-16(19-17(7-15)26-10-27-19)12-4-13-8-22-9-14(13)5-12/h6-7,11-14,18,20-25H,3-5,8-10H2,1-2H3/t11?,12?,13-,14+,18?,20?. The summed E-state index contributed by atoms with van der Waals surface area (Å²) in [4.78, 5) is 0. The largest absolute Gasteiger partial charge is 0.454 e. The molecule has 148 valence electrons. The van der Waals surface area contributed by atoms with Crippen molar-refractivity contribution in [2.75, 3.05) is 32.2 Å². The normalized spacial score (nSPS) is 37.4. The smallest absolute Gasteiger partial charge is 0.231 e. The summed E-state index contributed by atoms with van der Waals surface area (Å²) in [5.74, 6) is 4.02. The highest BCUT2D eigenvalue weighted by molar-refractivity contribution is 5.61. The lowest BCUT2D eigenvalue weighted by molar-refractivity contribution is 0.173. The SMILES string of the molecule is CNC1CC(C)NC(Nc2cc3c(c(C4C[C@H]5CNC[C@H]5C4)c2)OCO3)N1. The molecule has 0 amide bonds. The van der Waals surface area contributed by atoms with Gasteiger partial charge in [0.15, 0.2) is 11.5 Å². The maximum absolute atomic E-state index is 5.85. The molecule has 0 bridgehead atoms. The van der Waals surface area contributed by atoms with E-state index in [4.69, 9.17) is 9.47 Å². The Morgan fingerprint density at radius 3 is 2.63 bits per heavy atom. The molecule has 1 aromatic rings. The monoisotopic (exact) mass is 373 g/mol. The van der Waals surface area contributed by atoms with Crippen molar-refractivity contribution in [1.82, 2.24) is 21.3 Å². The van der Waals surface area contributed by atoms with Crippen LogP contribution >= 0.6 is 0 Å². The first kappa shape index (κ1) is 17.6. The Hall–Kier alpha value is -1.54. The Morgan fingerprint density at radius 2 is 1.85 bits per heavy atom. The molecule has 4 unspecified atom stereocenters. The maximum Gasteiger partial charge on any atom is 0.231 e. The second-order valence-corrected chi connectivity index (χ2v) is 8.53. The van der Waals surface area contributed by atoms with E-state index in [2.05, 4.69) is 45.6 Å². The van der Waals surface area contributed by atoms with Crippen LogP contribution in [0.15, 0.2) is 12.1 Å². The van der Waals surface area contributed by atoms with E-state index < -0.39 is 0 Å². The summed E-state index contributed by atoms with van der Waals surface area (Å²) in [6.07, 6.45) is 3.87. The van der Waals surface area contributed by atoms with Crippen molar-refractivity contribution in [3.05, 3.63) is 17.7 Å². The number of hydrogen-bond donors (Lipinski definition) is 5. The zero-order chi connectivity index (χ0) is 18.4. The summed E-state index contributed by atoms with van der Waals surface area (Å²) in [5.41, 5.74) is 2.40. The first-order valence-electron chi connectivity index (χ1n) is 10.3. The molecule has 27 heavy (non-hydrogen) atoms. The topological polar surface area (TPSA) is 78.6 Å². The van der Waals surface area contributed by atoms with E-state index >= 15 is 0 Å². The fourth-order valence-electron chi connectivity index (χ4n) is 5.32. The van der Waals surface area contributed by atoms with Crippen LogP contribution in [0.5, 0.6) is 11.5 Å². The average molecular weight is 374 g/mol. The van der Waals surface area contributed by atoms with Crippen LogP contribution in [-0.2, 0) is 0 Å². The van der Waals surface area contributed by atoms with Gasteiger partial charge in [-0.2, -0.15) is 0 Å². The van der Waals surface area contributed by atoms with E-state index in [-0.39, 0.29) is 6.29 Å². The first-order chi connectivity index (χ1) is 13.2. The van der Waals surface area contributed by atoms with Crippen LogP contribution in [0.2, 0.25) is 0 Å². The van der Waals surface area contributed by atoms with Crippen LogP contribution in [0.3, 0.4) is 0 Å². The van der Waals surface area contributed by atoms with Gasteiger partial charge in [0, 0.05) is 23.4 Å². The quantitative estimate of drug-likeness (QED) is 0.545. The van der Waals surface area contributed by atoms with Crippen molar-refractivity contribution in [2.45, 2.75) is 50.6 Å². The average Bonchev–Trinajstić information content (AvgIpc) is 3.36. The molecule has 1 aliphatic carbocycles. The summed E-state index contributed by atoms with van der Waals surface area (Å²) in [6.45, 7) is 4.87. The van der Waals surface area contributed by atoms with Crippen molar-refractivity contribution in [2.24, 2.45) is 11.8 Å². The third-order valence-corrected chi connectivity index (χ3v) is 6.66. The highest BCUT2D eigenvalue weighted by Gasteiger charge is 2.40. The number of anilines is 1. The molecule has 0 aromatic heterocycles. The molecule has 1 saturated carbocycles. The number of nitrogens with one attached hydrogen (secondary N) is 5. The Kier molecular flexibility index (Phi) is 4.63. The first-order valence-corrected chi connectivity index (χ1v) is 10.3. The zero-order valence-corrected chi connectivity index (χ0v) is 16.2. The molecule has 0 spiro atoms. The predicted molar refractivity (Wildman–Crippen MR) is 105 cm³/mol. The van der Waals surface area contributed by atoms with Gasteiger partial charge < -0.3 is 25.4 Å². The Balaban J connectivity index is 1.38. The fraction of sp³-hybridized carbons (Fsp3) is 0.700. The van der Waals surface area contributed by atoms with Gasteiger partial charge in [0.1, 0.15) is 6.29 Å². The lowest BCUT2D eigenvalue weighted by atomic mass is 9.94. The Labute approximate surface area is 160 Å². The predicted octanol–water partition coefficient (Wildman–Crippen LogP) is 1.34. The van der Waals surface area contributed by atoms with Gasteiger partial charge in [-0.05, 0) is 70.1 Å². The van der Waals surface area contributed by atoms with Crippen molar-refractivity contribution in [1.29, 1.82) is 0 Å². The molecule has 7 nitrogen and oxygen atoms in total. The molecule has 5 rings (SSSR count). The van der Waals surface area contributed by atoms with Crippen molar-refractivity contribution >= 4 is 5.69 Å². The number of ether oxygens (including phenoxy) is 2. The third-order valence-electron chi connectivity index (χ3n) is 6.66. The van der Waals surface area contributed by atoms with Gasteiger partial charge >= 0.3 is 0 Å². The number of fused-ring (bicyclic) bond motifs is 2. The van der Waals surface area contributed by atoms with E-state index in [1.165, 1.54) is 18.4 Å². The molecule has 3 aliphatic heterocycles. The van der Waals surface area contributed by atoms with Gasteiger partial charge in [-0.1, -0.05) is 0 Å². The van der Waals surface area contributed by atoms with Gasteiger partial charge in [0.05, 0.1) is 6.17 Å². The lowest BCUT2D eigenvalue weighted by Gasteiger charge is -2.37. The second-order valence-electron chi connectivity index (χ2n) is 8.53. The van der Waals surface area contributed by atoms with Crippen LogP contribution in [0, 0.1) is 11.8 Å². The van der Waals surface area contributed by atoms with Crippen LogP contribution in [0.4, 0.5) is 5.69 Å². The molecule has 3 heterocycles. The van der Waals surface area contributed by atoms with Crippen molar-refractivity contribution < 1.29 is 9.47 Å². The van der Waals surface area contributed by atoms with Crippen molar-refractivity contribution in [3.8, 4) is 11.5 Å². The molecule has 0 radical (unpaired) electrons. The summed E-state index contributed by atoms with van der Waals surface area (Å²) >= 11 is 0. The zero-order valence-electron chi connectivity index (χ0n) is 16.2. The fourth-order valence-corrected chi connectivity index (χ4v) is 5.32. The molecule has 2 saturated heterocycles. The summed E-state index contributed by atoms with van der Waals surface area (Å²) < 4.78 is 11.6. The number of hydrogen-bond acceptors (Lipinski definition) is 7. The number of benzene rings is 1. The highest BCUT2D eigenvalue weighted by Crippen LogP contribution is 2.50. The van der Waals surface area contributed by atoms with Crippen LogP contribution in [0.1, 0.15) is 37.7 Å². The van der Waals surface area contributed by atoms with E-state index in [0.717, 1.165) is 48.5 Å². The van der Waals surface area contributed by atoms with E-state index in [9.17, 15) is 0 Å². The van der Waals surface area contributed by atoms with E-state index in [0.29, 0.717) is 24.9 Å². The summed E-state index contributed by atoms with van der Waals surface area (Å²) in [7, 11) is 2.00. The lowest BCUT2D eigenvalue weighted by Crippen LogP contribution is -2.63. The second kappa shape index (κ2) is 7.13. The third kappa shape index (κ3) is 3.38. The van der Waals surface area contributed by atoms with Gasteiger partial charge in [0.2, 0.25) is 6.79 Å². The van der Waals surface area contributed by atoms with Crippen molar-refractivity contribution in [3.63, 3.8) is 0 Å². The molecular weight excluding hydrogens is 342 g/mol. The van der Waals surface area contributed by atoms with Gasteiger partial charge in [-0.25, -0.2) is 0 Å². The van der Waals surface area contributed by atoms with Crippen LogP contribution in [-0.4, -0.2) is 45.4 Å². The highest BCUT2D eigenvalue weighted by atomic mass is 16.7. The molecule has 1 aromatic carbocycles. The van der Waals surface area contributed by atoms with Crippen LogP contribution in [0.25, 0.3) is 0 Å². The minimum absolute atomic E-state index is 0.0200. The Bertz CT molecular complexity index is 687. The van der Waals surface area contributed by atoms with Gasteiger partial charge in [0.25, 0.3) is 0 Å². The Morgan fingerprint density at radius 1 is 1.04 bits per heavy atom. The molecule has 5 N–H and O–H groups in total. The van der Waals surface area contributed by atoms with E-state index in [1.54, 1.807) is 0 Å². The molecule has 6 atom stereocenters. The molecular formula is C20H31N5O2. The van der Waals surface area contributed by atoms with E-state index in [1.807, 2.05) is 7.05 Å². The summed E-state index contributed by atoms with van der Waals surface area (Å²) in [5, 5.41) is 17.6.